The lowest BCUT2D eigenvalue weighted by Gasteiger charge is -2.12. The molecule has 0 amide bonds. The fraction of sp³-hybridized carbons (Fsp3) is 0. The molecule has 0 fully saturated rings. The minimum atomic E-state index is 0.397. The van der Waals surface area contributed by atoms with Crippen LogP contribution in [0, 0.1) is 11.3 Å². The molecule has 8 aromatic rings. The van der Waals surface area contributed by atoms with Crippen molar-refractivity contribution in [2.75, 3.05) is 0 Å². The van der Waals surface area contributed by atoms with E-state index in [0.717, 1.165) is 55.3 Å². The average molecular weight is 511 g/mol. The normalized spacial score (nSPS) is 11.5. The summed E-state index contributed by atoms with van der Waals surface area (Å²) in [4.78, 5) is 4.61. The summed E-state index contributed by atoms with van der Waals surface area (Å²) in [6.45, 7) is 0. The Bertz CT molecular complexity index is 2270. The number of nitrogens with zero attached hydrogens (tertiary/aromatic N) is 4. The lowest BCUT2D eigenvalue weighted by molar-refractivity contribution is 1.12. The molecule has 3 heterocycles. The molecule has 0 unspecified atom stereocenters. The van der Waals surface area contributed by atoms with Crippen LogP contribution < -0.4 is 0 Å². The molecule has 5 aromatic carbocycles. The van der Waals surface area contributed by atoms with Gasteiger partial charge in [0.25, 0.3) is 0 Å². The van der Waals surface area contributed by atoms with Gasteiger partial charge >= 0.3 is 0 Å². The zero-order valence-electron chi connectivity index (χ0n) is 21.5. The van der Waals surface area contributed by atoms with E-state index in [9.17, 15) is 5.26 Å². The van der Waals surface area contributed by atoms with Gasteiger partial charge in [-0.05, 0) is 48.0 Å². The molecule has 0 bridgehead atoms. The summed E-state index contributed by atoms with van der Waals surface area (Å²) in [7, 11) is 0. The molecule has 0 spiro atoms. The molecule has 4 heteroatoms. The van der Waals surface area contributed by atoms with Crippen molar-refractivity contribution in [3.63, 3.8) is 0 Å². The third-order valence-corrected chi connectivity index (χ3v) is 7.80. The Morgan fingerprint density at radius 1 is 0.500 bits per heavy atom. The monoisotopic (exact) mass is 510 g/mol. The van der Waals surface area contributed by atoms with Crippen LogP contribution in [0.3, 0.4) is 0 Å². The molecule has 4 nitrogen and oxygen atoms in total. The van der Waals surface area contributed by atoms with Gasteiger partial charge in [0.05, 0.1) is 27.8 Å². The first kappa shape index (κ1) is 22.3. The highest BCUT2D eigenvalue weighted by molar-refractivity contribution is 6.19. The van der Waals surface area contributed by atoms with Gasteiger partial charge in [-0.1, -0.05) is 84.9 Å². The maximum absolute atomic E-state index is 10.1. The number of benzene rings is 5. The molecular weight excluding hydrogens is 488 g/mol. The van der Waals surface area contributed by atoms with E-state index in [1.807, 2.05) is 24.3 Å². The number of pyridine rings is 1. The molecule has 0 radical (unpaired) electrons. The smallest absolute Gasteiger partial charge is 0.164 e. The molecule has 0 aliphatic heterocycles. The van der Waals surface area contributed by atoms with Crippen LogP contribution in [0.5, 0.6) is 0 Å². The van der Waals surface area contributed by atoms with Gasteiger partial charge in [-0.25, -0.2) is 4.98 Å². The average Bonchev–Trinajstić information content (AvgIpc) is 3.52. The van der Waals surface area contributed by atoms with E-state index < -0.39 is 0 Å². The summed E-state index contributed by atoms with van der Waals surface area (Å²) in [6, 6.07) is 46.7. The highest BCUT2D eigenvalue weighted by Crippen LogP contribution is 2.40. The van der Waals surface area contributed by atoms with Crippen molar-refractivity contribution in [3.05, 3.63) is 139 Å². The van der Waals surface area contributed by atoms with Crippen LogP contribution in [0.2, 0.25) is 0 Å². The SMILES string of the molecule is N#Cc1ncc(-c2ccccc2)cc1-n1c2ccccc2c2cc3c(cc21)c1ccccc1n3-c1ccccc1. The van der Waals surface area contributed by atoms with Crippen molar-refractivity contribution in [1.29, 1.82) is 5.26 Å². The molecule has 0 atom stereocenters. The van der Waals surface area contributed by atoms with E-state index in [1.165, 1.54) is 10.8 Å². The quantitative estimate of drug-likeness (QED) is 0.238. The number of nitriles is 1. The van der Waals surface area contributed by atoms with Gasteiger partial charge in [-0.3, -0.25) is 0 Å². The van der Waals surface area contributed by atoms with Gasteiger partial charge in [0.1, 0.15) is 6.07 Å². The first-order valence-electron chi connectivity index (χ1n) is 13.3. The highest BCUT2D eigenvalue weighted by Gasteiger charge is 2.20. The Morgan fingerprint density at radius 2 is 1.05 bits per heavy atom. The predicted molar refractivity (Wildman–Crippen MR) is 163 cm³/mol. The summed E-state index contributed by atoms with van der Waals surface area (Å²) in [5, 5.41) is 14.8. The second-order valence-corrected chi connectivity index (χ2v) is 10.00. The van der Waals surface area contributed by atoms with Crippen molar-refractivity contribution in [2.45, 2.75) is 0 Å². The first-order valence-corrected chi connectivity index (χ1v) is 13.3. The topological polar surface area (TPSA) is 46.5 Å². The van der Waals surface area contributed by atoms with Crippen LogP contribution in [0.25, 0.3) is 66.1 Å². The van der Waals surface area contributed by atoms with E-state index in [-0.39, 0.29) is 0 Å². The summed E-state index contributed by atoms with van der Waals surface area (Å²) in [5.74, 6) is 0. The molecule has 0 saturated heterocycles. The van der Waals surface area contributed by atoms with Crippen molar-refractivity contribution >= 4 is 43.6 Å². The molecular formula is C36H22N4. The number of aromatic nitrogens is 3. The van der Waals surface area contributed by atoms with Crippen molar-refractivity contribution in [1.82, 2.24) is 14.1 Å². The number of para-hydroxylation sites is 3. The van der Waals surface area contributed by atoms with Crippen LogP contribution >= 0.6 is 0 Å². The number of hydrogen-bond donors (Lipinski definition) is 0. The zero-order valence-corrected chi connectivity index (χ0v) is 21.5. The van der Waals surface area contributed by atoms with E-state index in [1.54, 1.807) is 6.20 Å². The zero-order chi connectivity index (χ0) is 26.6. The maximum atomic E-state index is 10.1. The fourth-order valence-electron chi connectivity index (χ4n) is 6.04. The van der Waals surface area contributed by atoms with E-state index in [2.05, 4.69) is 123 Å². The Morgan fingerprint density at radius 3 is 1.70 bits per heavy atom. The first-order chi connectivity index (χ1) is 19.8. The van der Waals surface area contributed by atoms with E-state index in [4.69, 9.17) is 0 Å². The van der Waals surface area contributed by atoms with Crippen LogP contribution in [0.4, 0.5) is 0 Å². The number of hydrogen-bond acceptors (Lipinski definition) is 2. The lowest BCUT2D eigenvalue weighted by Crippen LogP contribution is -2.00. The molecule has 0 aliphatic rings. The van der Waals surface area contributed by atoms with Crippen LogP contribution in [0.15, 0.2) is 134 Å². The second kappa shape index (κ2) is 8.69. The van der Waals surface area contributed by atoms with Gasteiger partial charge in [0, 0.05) is 39.0 Å². The van der Waals surface area contributed by atoms with Gasteiger partial charge in [0.15, 0.2) is 5.69 Å². The molecule has 0 aliphatic carbocycles. The summed E-state index contributed by atoms with van der Waals surface area (Å²) in [5.41, 5.74) is 8.75. The maximum Gasteiger partial charge on any atom is 0.164 e. The summed E-state index contributed by atoms with van der Waals surface area (Å²) < 4.78 is 4.55. The van der Waals surface area contributed by atoms with Gasteiger partial charge in [-0.15, -0.1) is 0 Å². The Hall–Kier alpha value is -5.66. The Kier molecular flexibility index (Phi) is 4.85. The Balaban J connectivity index is 1.52. The third kappa shape index (κ3) is 3.22. The second-order valence-electron chi connectivity index (χ2n) is 10.00. The van der Waals surface area contributed by atoms with Crippen LogP contribution in [-0.2, 0) is 0 Å². The van der Waals surface area contributed by atoms with Crippen LogP contribution in [-0.4, -0.2) is 14.1 Å². The van der Waals surface area contributed by atoms with E-state index in [0.29, 0.717) is 5.69 Å². The van der Waals surface area contributed by atoms with Crippen molar-refractivity contribution < 1.29 is 0 Å². The molecule has 0 saturated carbocycles. The van der Waals surface area contributed by atoms with Gasteiger partial charge in [0.2, 0.25) is 0 Å². The summed E-state index contributed by atoms with van der Waals surface area (Å²) >= 11 is 0. The number of rotatable bonds is 3. The highest BCUT2D eigenvalue weighted by atomic mass is 15.0. The minimum absolute atomic E-state index is 0.397. The lowest BCUT2D eigenvalue weighted by atomic mass is 10.1. The fourth-order valence-corrected chi connectivity index (χ4v) is 6.04. The molecule has 3 aromatic heterocycles. The summed E-state index contributed by atoms with van der Waals surface area (Å²) in [6.07, 6.45) is 1.79. The largest absolute Gasteiger partial charge is 0.309 e. The third-order valence-electron chi connectivity index (χ3n) is 7.80. The van der Waals surface area contributed by atoms with Crippen molar-refractivity contribution in [2.24, 2.45) is 0 Å². The van der Waals surface area contributed by atoms with Crippen LogP contribution in [0.1, 0.15) is 5.69 Å². The minimum Gasteiger partial charge on any atom is -0.309 e. The Labute approximate surface area is 230 Å². The van der Waals surface area contributed by atoms with E-state index >= 15 is 0 Å². The molecule has 0 N–H and O–H groups in total. The van der Waals surface area contributed by atoms with Crippen molar-refractivity contribution in [3.8, 4) is 28.6 Å². The van der Waals surface area contributed by atoms with Gasteiger partial charge < -0.3 is 9.13 Å². The molecule has 8 rings (SSSR count). The molecule has 40 heavy (non-hydrogen) atoms. The predicted octanol–water partition coefficient (Wildman–Crippen LogP) is 8.81. The van der Waals surface area contributed by atoms with Gasteiger partial charge in [-0.2, -0.15) is 5.26 Å². The molecule has 186 valence electrons. The standard InChI is InChI=1S/C36H22N4/c37-22-31-36(19-25(23-38-31)24-11-3-1-4-12-24)40-33-18-10-8-16-28(33)30-20-34-29(21-35(30)40)27-15-7-9-17-32(27)39(34)26-13-5-2-6-14-26/h1-21,23H. The number of fused-ring (bicyclic) bond motifs is 6.